The Bertz CT molecular complexity index is 682. The quantitative estimate of drug-likeness (QED) is 0.775. The molecule has 0 spiro atoms. The summed E-state index contributed by atoms with van der Waals surface area (Å²) in [5.41, 5.74) is 5.51. The zero-order chi connectivity index (χ0) is 15.4. The van der Waals surface area contributed by atoms with E-state index in [9.17, 15) is 19.5 Å². The first-order chi connectivity index (χ1) is 9.99. The van der Waals surface area contributed by atoms with Crippen LogP contribution in [0.1, 0.15) is 31.6 Å². The van der Waals surface area contributed by atoms with Crippen molar-refractivity contribution in [3.8, 4) is 0 Å². The van der Waals surface area contributed by atoms with Crippen molar-refractivity contribution < 1.29 is 19.5 Å². The Morgan fingerprint density at radius 2 is 1.86 bits per heavy atom. The van der Waals surface area contributed by atoms with Gasteiger partial charge in [-0.3, -0.25) is 9.59 Å². The van der Waals surface area contributed by atoms with Gasteiger partial charge < -0.3 is 16.2 Å². The third-order valence-electron chi connectivity index (χ3n) is 2.76. The molecule has 0 saturated carbocycles. The Balaban J connectivity index is 2.22. The second-order valence-corrected chi connectivity index (χ2v) is 5.18. The zero-order valence-electron chi connectivity index (χ0n) is 10.8. The summed E-state index contributed by atoms with van der Waals surface area (Å²) in [6.45, 7) is 0. The van der Waals surface area contributed by atoms with E-state index in [0.29, 0.717) is 4.88 Å². The first-order valence-corrected chi connectivity index (χ1v) is 6.84. The fraction of sp³-hybridized carbons (Fsp3) is 0.0714. The lowest BCUT2D eigenvalue weighted by atomic mass is 10.1. The van der Waals surface area contributed by atoms with Gasteiger partial charge in [0.05, 0.1) is 0 Å². The van der Waals surface area contributed by atoms with Gasteiger partial charge in [-0.15, -0.1) is 11.3 Å². The SMILES string of the molecule is NC(=O)c1cccc(C(=O)NC(C(=O)O)c2cccs2)c1. The predicted molar refractivity (Wildman–Crippen MR) is 77.1 cm³/mol. The lowest BCUT2D eigenvalue weighted by Gasteiger charge is -2.13. The number of thiophene rings is 1. The van der Waals surface area contributed by atoms with Gasteiger partial charge in [0.15, 0.2) is 6.04 Å². The summed E-state index contributed by atoms with van der Waals surface area (Å²) in [5, 5.41) is 13.3. The average molecular weight is 304 g/mol. The molecule has 0 aliphatic rings. The van der Waals surface area contributed by atoms with Gasteiger partial charge in [0.1, 0.15) is 0 Å². The number of carbonyl (C=O) groups is 3. The maximum absolute atomic E-state index is 12.1. The minimum absolute atomic E-state index is 0.175. The van der Waals surface area contributed by atoms with Crippen molar-refractivity contribution in [2.75, 3.05) is 0 Å². The highest BCUT2D eigenvalue weighted by molar-refractivity contribution is 7.10. The lowest BCUT2D eigenvalue weighted by molar-refractivity contribution is -0.139. The molecular weight excluding hydrogens is 292 g/mol. The van der Waals surface area contributed by atoms with Crippen molar-refractivity contribution in [1.82, 2.24) is 5.32 Å². The van der Waals surface area contributed by atoms with Crippen LogP contribution in [0.3, 0.4) is 0 Å². The van der Waals surface area contributed by atoms with E-state index in [2.05, 4.69) is 5.32 Å². The lowest BCUT2D eigenvalue weighted by Crippen LogP contribution is -2.33. The molecule has 0 radical (unpaired) electrons. The van der Waals surface area contributed by atoms with Crippen LogP contribution in [0.2, 0.25) is 0 Å². The topological polar surface area (TPSA) is 109 Å². The second-order valence-electron chi connectivity index (χ2n) is 4.21. The summed E-state index contributed by atoms with van der Waals surface area (Å²) in [5.74, 6) is -2.39. The van der Waals surface area contributed by atoms with Gasteiger partial charge in [0, 0.05) is 16.0 Å². The van der Waals surface area contributed by atoms with Gasteiger partial charge in [-0.2, -0.15) is 0 Å². The van der Waals surface area contributed by atoms with Gasteiger partial charge in [0.25, 0.3) is 5.91 Å². The van der Waals surface area contributed by atoms with Crippen LogP contribution in [0.5, 0.6) is 0 Å². The third kappa shape index (κ3) is 3.46. The van der Waals surface area contributed by atoms with E-state index in [4.69, 9.17) is 5.73 Å². The zero-order valence-corrected chi connectivity index (χ0v) is 11.6. The molecule has 21 heavy (non-hydrogen) atoms. The molecule has 7 heteroatoms. The van der Waals surface area contributed by atoms with E-state index in [1.165, 1.54) is 35.6 Å². The number of benzene rings is 1. The molecule has 108 valence electrons. The number of primary amides is 1. The van der Waals surface area contributed by atoms with Crippen molar-refractivity contribution in [2.24, 2.45) is 5.73 Å². The smallest absolute Gasteiger partial charge is 0.331 e. The number of carbonyl (C=O) groups excluding carboxylic acids is 2. The number of hydrogen-bond acceptors (Lipinski definition) is 4. The Labute approximate surface area is 124 Å². The Kier molecular flexibility index (Phi) is 4.34. The maximum atomic E-state index is 12.1. The predicted octanol–water partition coefficient (Wildman–Crippen LogP) is 1.40. The van der Waals surface area contributed by atoms with Gasteiger partial charge in [-0.25, -0.2) is 4.79 Å². The maximum Gasteiger partial charge on any atom is 0.331 e. The Hall–Kier alpha value is -2.67. The fourth-order valence-electron chi connectivity index (χ4n) is 1.74. The van der Waals surface area contributed by atoms with E-state index in [1.54, 1.807) is 17.5 Å². The summed E-state index contributed by atoms with van der Waals surface area (Å²) >= 11 is 1.23. The minimum Gasteiger partial charge on any atom is -0.479 e. The van der Waals surface area contributed by atoms with E-state index in [-0.39, 0.29) is 11.1 Å². The molecule has 0 saturated heterocycles. The number of nitrogens with two attached hydrogens (primary N) is 1. The van der Waals surface area contributed by atoms with E-state index >= 15 is 0 Å². The first kappa shape index (κ1) is 14.7. The van der Waals surface area contributed by atoms with Gasteiger partial charge in [-0.05, 0) is 29.6 Å². The normalized spacial score (nSPS) is 11.6. The van der Waals surface area contributed by atoms with Gasteiger partial charge >= 0.3 is 5.97 Å². The molecule has 1 aromatic carbocycles. The fourth-order valence-corrected chi connectivity index (χ4v) is 2.51. The van der Waals surface area contributed by atoms with Crippen LogP contribution in [-0.4, -0.2) is 22.9 Å². The van der Waals surface area contributed by atoms with Crippen molar-refractivity contribution in [1.29, 1.82) is 0 Å². The number of nitrogens with one attached hydrogen (secondary N) is 1. The summed E-state index contributed by atoms with van der Waals surface area (Å²) in [7, 11) is 0. The molecule has 0 fully saturated rings. The number of carboxylic acid groups (broad SMARTS) is 1. The molecule has 2 rings (SSSR count). The largest absolute Gasteiger partial charge is 0.479 e. The number of amides is 2. The molecule has 6 nitrogen and oxygen atoms in total. The highest BCUT2D eigenvalue weighted by Crippen LogP contribution is 2.20. The summed E-state index contributed by atoms with van der Waals surface area (Å²) < 4.78 is 0. The van der Waals surface area contributed by atoms with Crippen LogP contribution in [0, 0.1) is 0 Å². The Morgan fingerprint density at radius 1 is 1.14 bits per heavy atom. The molecule has 0 aliphatic heterocycles. The van der Waals surface area contributed by atoms with Crippen molar-refractivity contribution in [2.45, 2.75) is 6.04 Å². The van der Waals surface area contributed by atoms with Crippen molar-refractivity contribution >= 4 is 29.1 Å². The van der Waals surface area contributed by atoms with Crippen LogP contribution in [0.25, 0.3) is 0 Å². The Morgan fingerprint density at radius 3 is 2.43 bits per heavy atom. The molecular formula is C14H12N2O4S. The molecule has 1 unspecified atom stereocenters. The highest BCUT2D eigenvalue weighted by atomic mass is 32.1. The summed E-state index contributed by atoms with van der Waals surface area (Å²) in [6, 6.07) is 8.00. The highest BCUT2D eigenvalue weighted by Gasteiger charge is 2.23. The number of rotatable bonds is 5. The number of aliphatic carboxylic acids is 1. The van der Waals surface area contributed by atoms with Crippen LogP contribution < -0.4 is 11.1 Å². The first-order valence-electron chi connectivity index (χ1n) is 5.96. The van der Waals surface area contributed by atoms with Crippen LogP contribution >= 0.6 is 11.3 Å². The molecule has 1 heterocycles. The van der Waals surface area contributed by atoms with Gasteiger partial charge in [0.2, 0.25) is 5.91 Å². The van der Waals surface area contributed by atoms with Crippen molar-refractivity contribution in [3.05, 3.63) is 57.8 Å². The number of carboxylic acids is 1. The summed E-state index contributed by atoms with van der Waals surface area (Å²) in [6.07, 6.45) is 0. The van der Waals surface area contributed by atoms with Gasteiger partial charge in [-0.1, -0.05) is 12.1 Å². The summed E-state index contributed by atoms with van der Waals surface area (Å²) in [4.78, 5) is 35.0. The standard InChI is InChI=1S/C14H12N2O4S/c15-12(17)8-3-1-4-9(7-8)13(18)16-11(14(19)20)10-5-2-6-21-10/h1-7,11H,(H2,15,17)(H,16,18)(H,19,20). The molecule has 0 bridgehead atoms. The molecule has 2 aromatic rings. The third-order valence-corrected chi connectivity index (χ3v) is 3.70. The van der Waals surface area contributed by atoms with Crippen LogP contribution in [0.15, 0.2) is 41.8 Å². The monoisotopic (exact) mass is 304 g/mol. The van der Waals surface area contributed by atoms with Crippen molar-refractivity contribution in [3.63, 3.8) is 0 Å². The molecule has 4 N–H and O–H groups in total. The van der Waals surface area contributed by atoms with E-state index in [1.807, 2.05) is 0 Å². The van der Waals surface area contributed by atoms with E-state index in [0.717, 1.165) is 0 Å². The van der Waals surface area contributed by atoms with E-state index < -0.39 is 23.8 Å². The van der Waals surface area contributed by atoms with Crippen LogP contribution in [0.4, 0.5) is 0 Å². The molecule has 0 aliphatic carbocycles. The molecule has 1 atom stereocenters. The molecule has 1 aromatic heterocycles. The minimum atomic E-state index is -1.16. The van der Waals surface area contributed by atoms with Crippen LogP contribution in [-0.2, 0) is 4.79 Å². The average Bonchev–Trinajstić information content (AvgIpc) is 2.98. The number of hydrogen-bond donors (Lipinski definition) is 3. The second kappa shape index (κ2) is 6.19. The molecule has 2 amide bonds.